The zero-order valence-electron chi connectivity index (χ0n) is 11.9. The normalized spacial score (nSPS) is 11.0. The Bertz CT molecular complexity index is 811. The minimum absolute atomic E-state index is 0.239. The number of aromatic amines is 1. The van der Waals surface area contributed by atoms with E-state index in [4.69, 9.17) is 16.3 Å². The van der Waals surface area contributed by atoms with Crippen LogP contribution in [-0.4, -0.2) is 37.8 Å². The Balaban J connectivity index is 1.79. The highest BCUT2D eigenvalue weighted by Gasteiger charge is 2.11. The average Bonchev–Trinajstić information content (AvgIpc) is 3.11. The van der Waals surface area contributed by atoms with Crippen molar-refractivity contribution in [3.8, 4) is 5.69 Å². The van der Waals surface area contributed by atoms with E-state index in [-0.39, 0.29) is 12.4 Å². The average molecular weight is 320 g/mol. The van der Waals surface area contributed by atoms with Crippen LogP contribution in [0.2, 0.25) is 5.02 Å². The fraction of sp³-hybridized carbons (Fsp3) is 0.286. The van der Waals surface area contributed by atoms with Crippen LogP contribution in [0.3, 0.4) is 0 Å². The fourth-order valence-electron chi connectivity index (χ4n) is 2.14. The van der Waals surface area contributed by atoms with Crippen molar-refractivity contribution in [1.82, 2.24) is 25.2 Å². The molecule has 1 N–H and O–H groups in total. The Kier molecular flexibility index (Phi) is 4.06. The molecule has 0 aliphatic rings. The monoisotopic (exact) mass is 319 g/mol. The fourth-order valence-corrected chi connectivity index (χ4v) is 2.31. The second kappa shape index (κ2) is 6.15. The first-order valence-electron chi connectivity index (χ1n) is 6.89. The van der Waals surface area contributed by atoms with Gasteiger partial charge in [0.05, 0.1) is 13.0 Å². The number of aryl methyl sites for hydroxylation is 1. The van der Waals surface area contributed by atoms with Gasteiger partial charge in [-0.2, -0.15) is 0 Å². The third-order valence-electron chi connectivity index (χ3n) is 3.15. The molecule has 0 bridgehead atoms. The summed E-state index contributed by atoms with van der Waals surface area (Å²) in [6, 6.07) is 5.53. The van der Waals surface area contributed by atoms with Crippen molar-refractivity contribution in [2.45, 2.75) is 19.8 Å². The number of hydrogen-bond acceptors (Lipinski definition) is 5. The number of aromatic nitrogens is 5. The van der Waals surface area contributed by atoms with Crippen LogP contribution in [0.1, 0.15) is 19.2 Å². The summed E-state index contributed by atoms with van der Waals surface area (Å²) in [6.07, 6.45) is 2.42. The Labute approximate surface area is 131 Å². The highest BCUT2D eigenvalue weighted by molar-refractivity contribution is 6.31. The molecular weight excluding hydrogens is 306 g/mol. The maximum absolute atomic E-state index is 11.3. The largest absolute Gasteiger partial charge is 0.466 e. The zero-order valence-corrected chi connectivity index (χ0v) is 12.7. The number of ether oxygens (including phenoxy) is 1. The second-order valence-electron chi connectivity index (χ2n) is 4.66. The van der Waals surface area contributed by atoms with Crippen LogP contribution >= 0.6 is 11.6 Å². The van der Waals surface area contributed by atoms with E-state index in [1.54, 1.807) is 19.2 Å². The number of halogens is 1. The molecule has 2 heterocycles. The van der Waals surface area contributed by atoms with Gasteiger partial charge in [-0.25, -0.2) is 0 Å². The topological polar surface area (TPSA) is 85.7 Å². The molecule has 0 amide bonds. The van der Waals surface area contributed by atoms with Crippen molar-refractivity contribution < 1.29 is 9.53 Å². The molecule has 0 saturated carbocycles. The van der Waals surface area contributed by atoms with Gasteiger partial charge in [0.25, 0.3) is 0 Å². The van der Waals surface area contributed by atoms with Gasteiger partial charge < -0.3 is 9.72 Å². The first kappa shape index (κ1) is 14.5. The molecule has 0 aliphatic heterocycles. The lowest BCUT2D eigenvalue weighted by molar-refractivity contribution is -0.143. The number of H-pyrrole nitrogens is 1. The standard InChI is InChI=1S/C14H14ClN5O2/c1-2-22-14(21)6-5-13-17-19-20(18-13)12-8-16-11-7-9(15)3-4-10(11)12/h3-4,7-8,16H,2,5-6H2,1H3. The molecule has 0 fully saturated rings. The Hall–Kier alpha value is -2.41. The molecule has 3 aromatic rings. The van der Waals surface area contributed by atoms with Crippen molar-refractivity contribution in [2.75, 3.05) is 6.61 Å². The van der Waals surface area contributed by atoms with Gasteiger partial charge in [-0.15, -0.1) is 15.0 Å². The molecule has 7 nitrogen and oxygen atoms in total. The number of tetrazole rings is 1. The molecule has 0 unspecified atom stereocenters. The number of fused-ring (bicyclic) bond motifs is 1. The first-order chi connectivity index (χ1) is 10.7. The van der Waals surface area contributed by atoms with E-state index in [0.717, 1.165) is 16.6 Å². The van der Waals surface area contributed by atoms with Crippen molar-refractivity contribution >= 4 is 28.5 Å². The summed E-state index contributed by atoms with van der Waals surface area (Å²) in [5.74, 6) is 0.233. The number of carbonyl (C=O) groups excluding carboxylic acids is 1. The van der Waals surface area contributed by atoms with Gasteiger partial charge in [-0.05, 0) is 30.3 Å². The van der Waals surface area contributed by atoms with Crippen LogP contribution in [0.4, 0.5) is 0 Å². The first-order valence-corrected chi connectivity index (χ1v) is 7.26. The van der Waals surface area contributed by atoms with E-state index in [0.29, 0.717) is 23.9 Å². The number of nitrogens with zero attached hydrogens (tertiary/aromatic N) is 4. The molecule has 22 heavy (non-hydrogen) atoms. The minimum Gasteiger partial charge on any atom is -0.466 e. The maximum atomic E-state index is 11.3. The van der Waals surface area contributed by atoms with Crippen molar-refractivity contribution in [1.29, 1.82) is 0 Å². The molecule has 3 rings (SSSR count). The summed E-state index contributed by atoms with van der Waals surface area (Å²) in [5, 5.41) is 13.9. The summed E-state index contributed by atoms with van der Waals surface area (Å²) in [4.78, 5) is 15.9. The summed E-state index contributed by atoms with van der Waals surface area (Å²) in [5.41, 5.74) is 1.68. The molecule has 2 aromatic heterocycles. The highest BCUT2D eigenvalue weighted by Crippen LogP contribution is 2.23. The van der Waals surface area contributed by atoms with Gasteiger partial charge >= 0.3 is 5.97 Å². The Morgan fingerprint density at radius 1 is 1.45 bits per heavy atom. The number of benzene rings is 1. The minimum atomic E-state index is -0.263. The molecule has 0 atom stereocenters. The Morgan fingerprint density at radius 3 is 3.14 bits per heavy atom. The van der Waals surface area contributed by atoms with Crippen LogP contribution in [0.25, 0.3) is 16.6 Å². The van der Waals surface area contributed by atoms with E-state index < -0.39 is 0 Å². The summed E-state index contributed by atoms with van der Waals surface area (Å²) >= 11 is 5.96. The molecule has 0 aliphatic carbocycles. The second-order valence-corrected chi connectivity index (χ2v) is 5.10. The molecular formula is C14H14ClN5O2. The molecule has 0 spiro atoms. The van der Waals surface area contributed by atoms with Crippen LogP contribution in [0.15, 0.2) is 24.4 Å². The lowest BCUT2D eigenvalue weighted by Gasteiger charge is -1.98. The zero-order chi connectivity index (χ0) is 15.5. The van der Waals surface area contributed by atoms with Crippen LogP contribution in [0, 0.1) is 0 Å². The van der Waals surface area contributed by atoms with E-state index in [9.17, 15) is 4.79 Å². The predicted molar refractivity (Wildman–Crippen MR) is 81.0 cm³/mol. The molecule has 1 aromatic carbocycles. The van der Waals surface area contributed by atoms with Crippen molar-refractivity contribution in [2.24, 2.45) is 0 Å². The van der Waals surface area contributed by atoms with Crippen LogP contribution in [0.5, 0.6) is 0 Å². The number of esters is 1. The van der Waals surface area contributed by atoms with Gasteiger partial charge in [0.15, 0.2) is 5.82 Å². The number of carbonyl (C=O) groups is 1. The third kappa shape index (κ3) is 2.94. The van der Waals surface area contributed by atoms with Crippen LogP contribution < -0.4 is 0 Å². The highest BCUT2D eigenvalue weighted by atomic mass is 35.5. The third-order valence-corrected chi connectivity index (χ3v) is 3.39. The number of rotatable bonds is 5. The van der Waals surface area contributed by atoms with Crippen LogP contribution in [-0.2, 0) is 16.0 Å². The van der Waals surface area contributed by atoms with E-state index in [1.165, 1.54) is 4.80 Å². The van der Waals surface area contributed by atoms with Gasteiger partial charge in [0, 0.05) is 28.5 Å². The number of nitrogens with one attached hydrogen (secondary N) is 1. The predicted octanol–water partition coefficient (Wildman–Crippen LogP) is 2.29. The van der Waals surface area contributed by atoms with Crippen molar-refractivity contribution in [3.63, 3.8) is 0 Å². The molecule has 114 valence electrons. The Morgan fingerprint density at radius 2 is 2.32 bits per heavy atom. The van der Waals surface area contributed by atoms with E-state index in [1.807, 2.05) is 12.1 Å². The summed E-state index contributed by atoms with van der Waals surface area (Å²) in [6.45, 7) is 2.15. The summed E-state index contributed by atoms with van der Waals surface area (Å²) < 4.78 is 4.87. The lowest BCUT2D eigenvalue weighted by Crippen LogP contribution is -2.06. The maximum Gasteiger partial charge on any atom is 0.306 e. The van der Waals surface area contributed by atoms with Gasteiger partial charge in [-0.3, -0.25) is 4.79 Å². The summed E-state index contributed by atoms with van der Waals surface area (Å²) in [7, 11) is 0. The van der Waals surface area contributed by atoms with Gasteiger partial charge in [0.2, 0.25) is 0 Å². The quantitative estimate of drug-likeness (QED) is 0.729. The van der Waals surface area contributed by atoms with E-state index in [2.05, 4.69) is 20.4 Å². The molecule has 0 saturated heterocycles. The molecule has 0 radical (unpaired) electrons. The van der Waals surface area contributed by atoms with Gasteiger partial charge in [0.1, 0.15) is 5.69 Å². The SMILES string of the molecule is CCOC(=O)CCc1nnn(-c2c[nH]c3cc(Cl)ccc23)n1. The van der Waals surface area contributed by atoms with Crippen molar-refractivity contribution in [3.05, 3.63) is 35.2 Å². The number of hydrogen-bond donors (Lipinski definition) is 1. The smallest absolute Gasteiger partial charge is 0.306 e. The lowest BCUT2D eigenvalue weighted by atomic mass is 10.2. The molecule has 8 heteroatoms. The van der Waals surface area contributed by atoms with Gasteiger partial charge in [-0.1, -0.05) is 11.6 Å². The van der Waals surface area contributed by atoms with E-state index >= 15 is 0 Å².